The Morgan fingerprint density at radius 2 is 1.88 bits per heavy atom. The monoisotopic (exact) mass is 448 g/mol. The van der Waals surface area contributed by atoms with Gasteiger partial charge >= 0.3 is 11.7 Å². The van der Waals surface area contributed by atoms with E-state index < -0.39 is 11.8 Å². The van der Waals surface area contributed by atoms with E-state index in [0.717, 1.165) is 16.9 Å². The number of esters is 1. The van der Waals surface area contributed by atoms with Crippen molar-refractivity contribution in [2.75, 3.05) is 6.61 Å². The van der Waals surface area contributed by atoms with Crippen LogP contribution in [0.25, 0.3) is 17.1 Å². The Morgan fingerprint density at radius 1 is 1.19 bits per heavy atom. The number of imidazole rings is 1. The summed E-state index contributed by atoms with van der Waals surface area (Å²) in [5.74, 6) is -1.01. The van der Waals surface area contributed by atoms with E-state index in [1.165, 1.54) is 15.2 Å². The smallest absolute Gasteiger partial charge is 0.348 e. The lowest BCUT2D eigenvalue weighted by Gasteiger charge is -2.01. The number of aryl methyl sites for hydroxylation is 2. The first-order valence-electron chi connectivity index (χ1n) is 9.73. The van der Waals surface area contributed by atoms with Gasteiger partial charge in [-0.25, -0.2) is 9.59 Å². The number of rotatable bonds is 6. The van der Waals surface area contributed by atoms with E-state index in [0.29, 0.717) is 21.5 Å². The molecule has 0 N–H and O–H groups in total. The molecule has 0 spiro atoms. The molecule has 0 amide bonds. The van der Waals surface area contributed by atoms with E-state index in [1.807, 2.05) is 12.1 Å². The second-order valence-corrected chi connectivity index (χ2v) is 8.21. The minimum atomic E-state index is -0.539. The number of ketones is 1. The molecule has 0 saturated heterocycles. The van der Waals surface area contributed by atoms with Crippen molar-refractivity contribution in [1.29, 1.82) is 10.5 Å². The molecule has 1 aromatic carbocycles. The lowest BCUT2D eigenvalue weighted by Crippen LogP contribution is -2.19. The summed E-state index contributed by atoms with van der Waals surface area (Å²) in [5, 5.41) is 19.1. The maximum absolute atomic E-state index is 12.9. The number of nitriles is 2. The van der Waals surface area contributed by atoms with Crippen molar-refractivity contribution in [3.8, 4) is 12.1 Å². The van der Waals surface area contributed by atoms with E-state index in [9.17, 15) is 24.9 Å². The second-order valence-electron chi connectivity index (χ2n) is 7.11. The zero-order chi connectivity index (χ0) is 23.6. The standard InChI is InChI=1S/C23H20N4O4S/c1-5-31-22(29)21-13(2)16(12-25)20(32-21)10-19(28)15(11-24)8-14-6-7-17-18(9-14)27(4)23(30)26(17)3/h6-9H,5,10H2,1-4H3/b15-8+. The zero-order valence-electron chi connectivity index (χ0n) is 18.1. The molecule has 0 fully saturated rings. The van der Waals surface area contributed by atoms with Crippen LogP contribution in [0.4, 0.5) is 0 Å². The fraction of sp³-hybridized carbons (Fsp3) is 0.261. The molecule has 0 unspecified atom stereocenters. The molecule has 0 atom stereocenters. The van der Waals surface area contributed by atoms with Gasteiger partial charge in [-0.05, 0) is 43.2 Å². The summed E-state index contributed by atoms with van der Waals surface area (Å²) in [6, 6.07) is 9.17. The highest BCUT2D eigenvalue weighted by Crippen LogP contribution is 2.29. The first-order chi connectivity index (χ1) is 15.2. The molecule has 2 heterocycles. The number of thiophene rings is 1. The third kappa shape index (κ3) is 3.98. The van der Waals surface area contributed by atoms with Gasteiger partial charge in [-0.15, -0.1) is 11.3 Å². The lowest BCUT2D eigenvalue weighted by molar-refractivity contribution is -0.114. The molecule has 0 bridgehead atoms. The topological polar surface area (TPSA) is 118 Å². The van der Waals surface area contributed by atoms with Crippen LogP contribution in [0.2, 0.25) is 0 Å². The maximum atomic E-state index is 12.9. The molecular weight excluding hydrogens is 428 g/mol. The van der Waals surface area contributed by atoms with Crippen molar-refractivity contribution < 1.29 is 14.3 Å². The molecular formula is C23H20N4O4S. The number of fused-ring (bicyclic) bond motifs is 1. The maximum Gasteiger partial charge on any atom is 0.348 e. The number of ether oxygens (including phenoxy) is 1. The molecule has 8 nitrogen and oxygen atoms in total. The van der Waals surface area contributed by atoms with Gasteiger partial charge in [0.2, 0.25) is 0 Å². The number of nitrogens with zero attached hydrogens (tertiary/aromatic N) is 4. The molecule has 0 radical (unpaired) electrons. The Morgan fingerprint density at radius 3 is 2.50 bits per heavy atom. The largest absolute Gasteiger partial charge is 0.462 e. The van der Waals surface area contributed by atoms with E-state index >= 15 is 0 Å². The summed E-state index contributed by atoms with van der Waals surface area (Å²) in [6.45, 7) is 3.52. The highest BCUT2D eigenvalue weighted by atomic mass is 32.1. The molecule has 0 saturated carbocycles. The Balaban J connectivity index is 1.95. The van der Waals surface area contributed by atoms with E-state index in [4.69, 9.17) is 4.74 Å². The van der Waals surface area contributed by atoms with Crippen molar-refractivity contribution in [3.63, 3.8) is 0 Å². The van der Waals surface area contributed by atoms with Gasteiger partial charge in [-0.1, -0.05) is 6.07 Å². The van der Waals surface area contributed by atoms with Crippen LogP contribution in [-0.4, -0.2) is 27.5 Å². The summed E-state index contributed by atoms with van der Waals surface area (Å²) in [7, 11) is 3.32. The molecule has 3 rings (SSSR count). The van der Waals surface area contributed by atoms with Crippen molar-refractivity contribution >= 4 is 40.2 Å². The first-order valence-corrected chi connectivity index (χ1v) is 10.5. The van der Waals surface area contributed by atoms with E-state index in [1.54, 1.807) is 46.1 Å². The Hall–Kier alpha value is -3.95. The van der Waals surface area contributed by atoms with Crippen LogP contribution >= 0.6 is 11.3 Å². The van der Waals surface area contributed by atoms with Crippen molar-refractivity contribution in [3.05, 3.63) is 60.7 Å². The molecule has 32 heavy (non-hydrogen) atoms. The fourth-order valence-corrected chi connectivity index (χ4v) is 4.58. The summed E-state index contributed by atoms with van der Waals surface area (Å²) < 4.78 is 8.02. The van der Waals surface area contributed by atoms with Crippen molar-refractivity contribution in [2.45, 2.75) is 20.3 Å². The van der Waals surface area contributed by atoms with Gasteiger partial charge in [0.05, 0.1) is 28.8 Å². The zero-order valence-corrected chi connectivity index (χ0v) is 18.9. The SMILES string of the molecule is CCOC(=O)c1sc(CC(=O)/C(C#N)=C/c2ccc3c(c2)n(C)c(=O)n3C)c(C#N)c1C. The molecule has 3 aromatic rings. The van der Waals surface area contributed by atoms with Gasteiger partial charge in [0.15, 0.2) is 5.78 Å². The number of aromatic nitrogens is 2. The number of hydrogen-bond donors (Lipinski definition) is 0. The third-order valence-corrected chi connectivity index (χ3v) is 6.41. The predicted octanol–water partition coefficient (Wildman–Crippen LogP) is 3.01. The summed E-state index contributed by atoms with van der Waals surface area (Å²) in [5.41, 5.74) is 2.47. The van der Waals surface area contributed by atoms with Gasteiger partial charge in [0.1, 0.15) is 17.0 Å². The summed E-state index contributed by atoms with van der Waals surface area (Å²) in [4.78, 5) is 37.8. The first kappa shape index (κ1) is 22.7. The van der Waals surface area contributed by atoms with Crippen molar-refractivity contribution in [1.82, 2.24) is 9.13 Å². The molecule has 0 aliphatic carbocycles. The molecule has 9 heteroatoms. The highest BCUT2D eigenvalue weighted by Gasteiger charge is 2.23. The normalized spacial score (nSPS) is 11.2. The van der Waals surface area contributed by atoms with Crippen LogP contribution in [0.1, 0.15) is 38.2 Å². The molecule has 2 aromatic heterocycles. The predicted molar refractivity (Wildman–Crippen MR) is 120 cm³/mol. The second kappa shape index (κ2) is 9.04. The van der Waals surface area contributed by atoms with E-state index in [-0.39, 0.29) is 34.7 Å². The van der Waals surface area contributed by atoms with Crippen LogP contribution in [0.15, 0.2) is 28.6 Å². The average Bonchev–Trinajstić information content (AvgIpc) is 3.20. The van der Waals surface area contributed by atoms with Gasteiger partial charge < -0.3 is 4.74 Å². The van der Waals surface area contributed by atoms with Crippen LogP contribution in [0.5, 0.6) is 0 Å². The lowest BCUT2D eigenvalue weighted by atomic mass is 10.0. The quantitative estimate of drug-likeness (QED) is 0.325. The van der Waals surface area contributed by atoms with E-state index in [2.05, 4.69) is 0 Å². The number of benzene rings is 1. The molecule has 0 aliphatic heterocycles. The van der Waals surface area contributed by atoms with Crippen LogP contribution in [0, 0.1) is 29.6 Å². The van der Waals surface area contributed by atoms with Gasteiger partial charge in [-0.3, -0.25) is 13.9 Å². The highest BCUT2D eigenvalue weighted by molar-refractivity contribution is 7.14. The van der Waals surface area contributed by atoms with Crippen LogP contribution in [-0.2, 0) is 30.0 Å². The fourth-order valence-electron chi connectivity index (χ4n) is 3.43. The third-order valence-electron chi connectivity index (χ3n) is 5.14. The van der Waals surface area contributed by atoms with Gasteiger partial charge in [-0.2, -0.15) is 10.5 Å². The summed E-state index contributed by atoms with van der Waals surface area (Å²) >= 11 is 1.03. The summed E-state index contributed by atoms with van der Waals surface area (Å²) in [6.07, 6.45) is 1.28. The Kier molecular flexibility index (Phi) is 6.42. The molecule has 0 aliphatic rings. The number of allylic oxidation sites excluding steroid dienone is 1. The number of carbonyl (C=O) groups is 2. The number of carbonyl (C=O) groups excluding carboxylic acids is 2. The van der Waals surface area contributed by atoms with Crippen molar-refractivity contribution in [2.24, 2.45) is 14.1 Å². The van der Waals surface area contributed by atoms with Gasteiger partial charge in [0.25, 0.3) is 0 Å². The number of Topliss-reactive ketones (excluding diaryl/α,β-unsaturated/α-hetero) is 1. The Bertz CT molecular complexity index is 1420. The Labute approximate surface area is 188 Å². The van der Waals surface area contributed by atoms with Gasteiger partial charge in [0, 0.05) is 25.4 Å². The minimum Gasteiger partial charge on any atom is -0.462 e. The van der Waals surface area contributed by atoms with Crippen LogP contribution in [0.3, 0.4) is 0 Å². The van der Waals surface area contributed by atoms with Crippen LogP contribution < -0.4 is 5.69 Å². The average molecular weight is 449 g/mol. The number of hydrogen-bond acceptors (Lipinski definition) is 7. The molecule has 162 valence electrons. The minimum absolute atomic E-state index is 0.0853.